The summed E-state index contributed by atoms with van der Waals surface area (Å²) >= 11 is 0. The molecule has 1 atom stereocenters. The molecule has 112 valence electrons. The van der Waals surface area contributed by atoms with Gasteiger partial charge in [-0.1, -0.05) is 30.4 Å². The number of hydrogen-bond donors (Lipinski definition) is 2. The second-order valence-corrected chi connectivity index (χ2v) is 5.82. The maximum Gasteiger partial charge on any atom is 0.182 e. The second kappa shape index (κ2) is 5.46. The Morgan fingerprint density at radius 2 is 1.95 bits per heavy atom. The topological polar surface area (TPSA) is 44.4 Å². The van der Waals surface area contributed by atoms with Crippen molar-refractivity contribution in [3.8, 4) is 0 Å². The predicted molar refractivity (Wildman–Crippen MR) is 88.5 cm³/mol. The third-order valence-electron chi connectivity index (χ3n) is 4.43. The van der Waals surface area contributed by atoms with E-state index in [-0.39, 0.29) is 11.8 Å². The van der Waals surface area contributed by atoms with Gasteiger partial charge in [0.05, 0.1) is 0 Å². The number of fused-ring (bicyclic) bond motifs is 2. The van der Waals surface area contributed by atoms with Gasteiger partial charge in [-0.25, -0.2) is 0 Å². The molecule has 1 aromatic carbocycles. The van der Waals surface area contributed by atoms with Gasteiger partial charge in [0.25, 0.3) is 0 Å². The summed E-state index contributed by atoms with van der Waals surface area (Å²) in [5, 5.41) is 6.81. The number of para-hydroxylation sites is 1. The van der Waals surface area contributed by atoms with Crippen LogP contribution in [-0.2, 0) is 4.79 Å². The van der Waals surface area contributed by atoms with Crippen LogP contribution in [0.5, 0.6) is 0 Å². The maximum absolute atomic E-state index is 12.2. The number of nitrogens with one attached hydrogen (secondary N) is 2. The Kier molecular flexibility index (Phi) is 3.31. The molecule has 4 nitrogen and oxygen atoms in total. The van der Waals surface area contributed by atoms with E-state index in [2.05, 4.69) is 39.8 Å². The summed E-state index contributed by atoms with van der Waals surface area (Å²) in [5.74, 6) is 0.116. The molecular formula is C18H19N3O. The van der Waals surface area contributed by atoms with Gasteiger partial charge < -0.3 is 15.5 Å². The number of carbonyl (C=O) groups excluding carboxylic acids is 1. The molecule has 0 spiro atoms. The van der Waals surface area contributed by atoms with Gasteiger partial charge >= 0.3 is 0 Å². The molecular weight excluding hydrogens is 274 g/mol. The summed E-state index contributed by atoms with van der Waals surface area (Å²) in [7, 11) is 0. The normalized spacial score (nSPS) is 23.7. The molecule has 0 saturated carbocycles. The lowest BCUT2D eigenvalue weighted by molar-refractivity contribution is -0.114. The number of nitrogens with zero attached hydrogens (tertiary/aromatic N) is 1. The van der Waals surface area contributed by atoms with Crippen molar-refractivity contribution in [2.24, 2.45) is 0 Å². The quantitative estimate of drug-likeness (QED) is 0.828. The van der Waals surface area contributed by atoms with Crippen molar-refractivity contribution >= 4 is 17.2 Å². The van der Waals surface area contributed by atoms with Gasteiger partial charge in [-0.15, -0.1) is 0 Å². The maximum atomic E-state index is 12.2. The highest BCUT2D eigenvalue weighted by molar-refractivity contribution is 6.02. The Bertz CT molecular complexity index is 696. The monoisotopic (exact) mass is 293 g/mol. The van der Waals surface area contributed by atoms with Crippen molar-refractivity contribution in [3.63, 3.8) is 0 Å². The van der Waals surface area contributed by atoms with E-state index in [9.17, 15) is 4.79 Å². The zero-order valence-corrected chi connectivity index (χ0v) is 12.4. The molecule has 4 heteroatoms. The summed E-state index contributed by atoms with van der Waals surface area (Å²) in [6.45, 7) is 3.96. The van der Waals surface area contributed by atoms with Gasteiger partial charge in [0.2, 0.25) is 0 Å². The Morgan fingerprint density at radius 1 is 1.14 bits per heavy atom. The second-order valence-electron chi connectivity index (χ2n) is 5.82. The van der Waals surface area contributed by atoms with Gasteiger partial charge in [0.1, 0.15) is 6.04 Å². The number of ketones is 1. The van der Waals surface area contributed by atoms with E-state index in [4.69, 9.17) is 0 Å². The van der Waals surface area contributed by atoms with Crippen molar-refractivity contribution in [1.29, 1.82) is 0 Å². The molecule has 3 aliphatic rings. The lowest BCUT2D eigenvalue weighted by Gasteiger charge is -2.32. The van der Waals surface area contributed by atoms with Crippen LogP contribution in [0.4, 0.5) is 5.69 Å². The third kappa shape index (κ3) is 2.25. The van der Waals surface area contributed by atoms with Crippen molar-refractivity contribution in [1.82, 2.24) is 10.2 Å². The van der Waals surface area contributed by atoms with E-state index in [0.29, 0.717) is 0 Å². The lowest BCUT2D eigenvalue weighted by atomic mass is 9.97. The first kappa shape index (κ1) is 13.3. The van der Waals surface area contributed by atoms with E-state index in [1.807, 2.05) is 18.2 Å². The van der Waals surface area contributed by atoms with Crippen LogP contribution in [0, 0.1) is 0 Å². The van der Waals surface area contributed by atoms with Crippen LogP contribution in [0.1, 0.15) is 5.56 Å². The molecule has 0 radical (unpaired) electrons. The summed E-state index contributed by atoms with van der Waals surface area (Å²) in [4.78, 5) is 14.6. The lowest BCUT2D eigenvalue weighted by Crippen LogP contribution is -2.42. The molecule has 22 heavy (non-hydrogen) atoms. The first-order valence-corrected chi connectivity index (χ1v) is 7.78. The predicted octanol–water partition coefficient (Wildman–Crippen LogP) is 1.79. The van der Waals surface area contributed by atoms with Crippen molar-refractivity contribution in [3.05, 3.63) is 59.7 Å². The van der Waals surface area contributed by atoms with E-state index in [1.54, 1.807) is 6.08 Å². The van der Waals surface area contributed by atoms with Gasteiger partial charge in [0.15, 0.2) is 5.78 Å². The number of piperazine rings is 1. The Morgan fingerprint density at radius 3 is 2.82 bits per heavy atom. The molecule has 0 amide bonds. The van der Waals surface area contributed by atoms with Crippen LogP contribution in [-0.4, -0.2) is 42.9 Å². The number of anilines is 1. The molecule has 2 aliphatic heterocycles. The first-order chi connectivity index (χ1) is 10.8. The van der Waals surface area contributed by atoms with Gasteiger partial charge in [-0.05, 0) is 23.8 Å². The number of benzene rings is 1. The number of carbonyl (C=O) groups is 1. The van der Waals surface area contributed by atoms with E-state index < -0.39 is 0 Å². The highest BCUT2D eigenvalue weighted by Crippen LogP contribution is 2.34. The van der Waals surface area contributed by atoms with Crippen LogP contribution in [0.25, 0.3) is 5.70 Å². The van der Waals surface area contributed by atoms with Crippen molar-refractivity contribution in [2.75, 3.05) is 31.5 Å². The molecule has 2 N–H and O–H groups in total. The molecule has 2 heterocycles. The van der Waals surface area contributed by atoms with Crippen molar-refractivity contribution in [2.45, 2.75) is 6.04 Å². The van der Waals surface area contributed by atoms with Crippen LogP contribution in [0.3, 0.4) is 0 Å². The molecule has 1 aliphatic carbocycles. The summed E-state index contributed by atoms with van der Waals surface area (Å²) < 4.78 is 0. The number of allylic oxidation sites excluding steroid dienone is 2. The molecule has 0 bridgehead atoms. The Balaban J connectivity index is 1.83. The van der Waals surface area contributed by atoms with Crippen molar-refractivity contribution < 1.29 is 4.79 Å². The van der Waals surface area contributed by atoms with Gasteiger partial charge in [-0.2, -0.15) is 0 Å². The summed E-state index contributed by atoms with van der Waals surface area (Å²) in [6.07, 6.45) is 7.70. The average molecular weight is 293 g/mol. The van der Waals surface area contributed by atoms with Crippen LogP contribution in [0.15, 0.2) is 54.1 Å². The molecule has 1 saturated heterocycles. The minimum atomic E-state index is -0.272. The number of hydrogen-bond acceptors (Lipinski definition) is 4. The first-order valence-electron chi connectivity index (χ1n) is 7.78. The fourth-order valence-electron chi connectivity index (χ4n) is 3.29. The fraction of sp³-hybridized carbons (Fsp3) is 0.278. The summed E-state index contributed by atoms with van der Waals surface area (Å²) in [5.41, 5.74) is 4.45. The SMILES string of the molecule is O=C1C=CC=C2C=C(N3CCNCC3)c3ccccc3NC12. The fourth-order valence-corrected chi connectivity index (χ4v) is 3.29. The van der Waals surface area contributed by atoms with Crippen LogP contribution in [0.2, 0.25) is 0 Å². The van der Waals surface area contributed by atoms with Crippen LogP contribution < -0.4 is 10.6 Å². The number of rotatable bonds is 1. The smallest absolute Gasteiger partial charge is 0.182 e. The minimum absolute atomic E-state index is 0.116. The highest BCUT2D eigenvalue weighted by atomic mass is 16.1. The van der Waals surface area contributed by atoms with Gasteiger partial charge in [0, 0.05) is 43.1 Å². The molecule has 1 aromatic rings. The summed E-state index contributed by atoms with van der Waals surface area (Å²) in [6, 6.07) is 7.98. The minimum Gasteiger partial charge on any atom is -0.371 e. The highest BCUT2D eigenvalue weighted by Gasteiger charge is 2.28. The Hall–Kier alpha value is -2.33. The Labute approximate surface area is 130 Å². The molecule has 4 rings (SSSR count). The van der Waals surface area contributed by atoms with E-state index in [0.717, 1.165) is 37.4 Å². The largest absolute Gasteiger partial charge is 0.371 e. The van der Waals surface area contributed by atoms with E-state index in [1.165, 1.54) is 11.3 Å². The molecule has 0 aromatic heterocycles. The standard InChI is InChI=1S/C18H19N3O/c22-17-7-3-4-13-12-16(21-10-8-19-9-11-21)14-5-1-2-6-15(14)20-18(13)17/h1-7,12,18-20H,8-11H2. The van der Waals surface area contributed by atoms with E-state index >= 15 is 0 Å². The molecule has 1 unspecified atom stereocenters. The average Bonchev–Trinajstić information content (AvgIpc) is 2.74. The van der Waals surface area contributed by atoms with Gasteiger partial charge in [-0.3, -0.25) is 4.79 Å². The third-order valence-corrected chi connectivity index (χ3v) is 4.43. The molecule has 1 fully saturated rings. The zero-order valence-electron chi connectivity index (χ0n) is 12.4. The van der Waals surface area contributed by atoms with Crippen LogP contribution >= 0.6 is 0 Å². The zero-order chi connectivity index (χ0) is 14.9.